The lowest BCUT2D eigenvalue weighted by Gasteiger charge is -2.16. The highest BCUT2D eigenvalue weighted by Gasteiger charge is 2.25. The maximum atomic E-state index is 13.1. The number of azo groups is 2. The number of nitrogens with zero attached hydrogens (tertiary/aromatic N) is 6. The van der Waals surface area contributed by atoms with E-state index in [1.54, 1.807) is 27.7 Å². The lowest BCUT2D eigenvalue weighted by Crippen LogP contribution is -2.19. The predicted octanol–water partition coefficient (Wildman–Crippen LogP) is 9.93. The van der Waals surface area contributed by atoms with Gasteiger partial charge in [-0.05, 0) is 88.4 Å². The first-order valence-electron chi connectivity index (χ1n) is 17.0. The second-order valence-electron chi connectivity index (χ2n) is 12.5. The molecule has 1 amide bonds. The van der Waals surface area contributed by atoms with Crippen molar-refractivity contribution in [1.82, 2.24) is 10.3 Å². The zero-order valence-electron chi connectivity index (χ0n) is 31.3. The second kappa shape index (κ2) is 17.9. The summed E-state index contributed by atoms with van der Waals surface area (Å²) in [4.78, 5) is 22.1. The average Bonchev–Trinajstić information content (AvgIpc) is 3.69. The number of hydrogen-bond donors (Lipinski definition) is 3. The van der Waals surface area contributed by atoms with E-state index < -0.39 is 41.6 Å². The Bertz CT molecular complexity index is 2900. The first kappa shape index (κ1) is 43.9. The molecule has 312 valence electrons. The lowest BCUT2D eigenvalue weighted by atomic mass is 10.0. The summed E-state index contributed by atoms with van der Waals surface area (Å²) in [7, 11) is -8.16. The van der Waals surface area contributed by atoms with E-state index in [4.69, 9.17) is 60.2 Å². The third kappa shape index (κ3) is 9.86. The number of alkyl halides is 4. The molecular formula is C36H29Cl4N9O9S2. The van der Waals surface area contributed by atoms with Crippen molar-refractivity contribution in [3.63, 3.8) is 0 Å². The van der Waals surface area contributed by atoms with Crippen LogP contribution in [0.3, 0.4) is 0 Å². The van der Waals surface area contributed by atoms with Gasteiger partial charge in [0.1, 0.15) is 5.69 Å². The van der Waals surface area contributed by atoms with Gasteiger partial charge in [-0.25, -0.2) is 31.1 Å². The summed E-state index contributed by atoms with van der Waals surface area (Å²) in [6.45, 7) is 6.64. The number of anilines is 3. The standard InChI is InChI=1S/C36H29Cl4N9O9S2/c1-17-19(3)46-57-34(17)48-59(52,53)23-12-8-21(9-13-23)42-44-27-16-28(30(56-36(51)32(39)40)25-6-5-7-26(29(25)27)41-33(50)31(37)38)45-43-22-10-14-24(15-11-22)60(54,55)49-35-18(2)20(4)47-58-35/h5-16,31-32,48-49H,1-4H3,(H,41,50). The lowest BCUT2D eigenvalue weighted by molar-refractivity contribution is -0.132. The van der Waals surface area contributed by atoms with E-state index in [0.717, 1.165) is 0 Å². The third-order valence-corrected chi connectivity index (χ3v) is 12.0. The van der Waals surface area contributed by atoms with Crippen molar-refractivity contribution in [3.8, 4) is 5.75 Å². The number of nitrogens with one attached hydrogen (secondary N) is 3. The first-order chi connectivity index (χ1) is 28.3. The number of aryl methyl sites for hydroxylation is 2. The monoisotopic (exact) mass is 935 g/mol. The summed E-state index contributed by atoms with van der Waals surface area (Å²) in [6.07, 6.45) is 0. The number of rotatable bonds is 14. The minimum atomic E-state index is -4.08. The van der Waals surface area contributed by atoms with Crippen molar-refractivity contribution in [3.05, 3.63) is 95.3 Å². The maximum Gasteiger partial charge on any atom is 0.344 e. The summed E-state index contributed by atoms with van der Waals surface area (Å²) in [5.74, 6) is -2.15. The van der Waals surface area contributed by atoms with Crippen LogP contribution in [0, 0.1) is 27.7 Å². The third-order valence-electron chi connectivity index (χ3n) is 8.52. The summed E-state index contributed by atoms with van der Waals surface area (Å²) in [5, 5.41) is 27.6. The molecule has 0 spiro atoms. The van der Waals surface area contributed by atoms with E-state index in [9.17, 15) is 26.4 Å². The number of carbonyl (C=O) groups excluding carboxylic acids is 2. The Labute approximate surface area is 361 Å². The molecule has 0 saturated heterocycles. The minimum absolute atomic E-state index is 0.0261. The topological polar surface area (TPSA) is 249 Å². The van der Waals surface area contributed by atoms with Crippen LogP contribution in [0.2, 0.25) is 0 Å². The molecule has 0 aliphatic rings. The molecule has 0 saturated carbocycles. The zero-order valence-corrected chi connectivity index (χ0v) is 35.9. The number of amides is 1. The van der Waals surface area contributed by atoms with Crippen molar-refractivity contribution in [2.75, 3.05) is 14.8 Å². The fourth-order valence-electron chi connectivity index (χ4n) is 5.11. The number of fused-ring (bicyclic) bond motifs is 1. The number of carbonyl (C=O) groups is 2. The molecule has 0 radical (unpaired) electrons. The van der Waals surface area contributed by atoms with Crippen molar-refractivity contribution < 1.29 is 40.2 Å². The van der Waals surface area contributed by atoms with E-state index >= 15 is 0 Å². The molecule has 0 aliphatic carbocycles. The number of esters is 1. The number of hydrogen-bond acceptors (Lipinski definition) is 15. The average molecular weight is 938 g/mol. The highest BCUT2D eigenvalue weighted by atomic mass is 35.5. The molecule has 0 unspecified atom stereocenters. The van der Waals surface area contributed by atoms with Crippen LogP contribution >= 0.6 is 46.4 Å². The Balaban J connectivity index is 1.40. The van der Waals surface area contributed by atoms with Crippen LogP contribution in [-0.4, -0.2) is 48.7 Å². The van der Waals surface area contributed by atoms with E-state index in [1.807, 2.05) is 0 Å². The second-order valence-corrected chi connectivity index (χ2v) is 18.1. The number of aromatic nitrogens is 2. The van der Waals surface area contributed by atoms with Crippen LogP contribution in [0.15, 0.2) is 112 Å². The zero-order chi connectivity index (χ0) is 43.5. The number of sulfonamides is 2. The molecule has 0 bridgehead atoms. The van der Waals surface area contributed by atoms with Gasteiger partial charge >= 0.3 is 5.97 Å². The van der Waals surface area contributed by atoms with Crippen molar-refractivity contribution in [2.45, 2.75) is 47.2 Å². The molecular weight excluding hydrogens is 908 g/mol. The molecule has 6 rings (SSSR count). The van der Waals surface area contributed by atoms with Crippen LogP contribution < -0.4 is 19.5 Å². The normalized spacial score (nSPS) is 12.2. The van der Waals surface area contributed by atoms with E-state index in [0.29, 0.717) is 22.5 Å². The smallest absolute Gasteiger partial charge is 0.344 e. The Morgan fingerprint density at radius 1 is 0.667 bits per heavy atom. The van der Waals surface area contributed by atoms with E-state index in [2.05, 4.69) is 45.5 Å². The fourth-order valence-corrected chi connectivity index (χ4v) is 7.40. The SMILES string of the molecule is Cc1noc(NS(=O)(=O)c2ccc(N=Nc3cc(N=Nc4ccc(S(=O)(=O)Nc5onc(C)c5C)cc4)c4c(NC(=O)C(Cl)Cl)cccc4c3OC(=O)C(Cl)Cl)cc2)c1C. The number of halogens is 4. The highest BCUT2D eigenvalue weighted by Crippen LogP contribution is 2.46. The van der Waals surface area contributed by atoms with Crippen molar-refractivity contribution in [1.29, 1.82) is 0 Å². The molecule has 18 nitrogen and oxygen atoms in total. The Hall–Kier alpha value is -5.64. The van der Waals surface area contributed by atoms with E-state index in [-0.39, 0.29) is 66.5 Å². The Kier molecular flexibility index (Phi) is 13.1. The van der Waals surface area contributed by atoms with Gasteiger partial charge in [-0.1, -0.05) is 68.8 Å². The molecule has 0 atom stereocenters. The maximum absolute atomic E-state index is 13.1. The van der Waals surface area contributed by atoms with Crippen molar-refractivity contribution in [2.24, 2.45) is 20.5 Å². The Morgan fingerprint density at radius 3 is 1.58 bits per heavy atom. The van der Waals surface area contributed by atoms with Gasteiger partial charge in [-0.3, -0.25) is 4.79 Å². The number of ether oxygens (including phenoxy) is 1. The fraction of sp³-hybridized carbons (Fsp3) is 0.167. The van der Waals surface area contributed by atoms with Crippen LogP contribution in [0.1, 0.15) is 22.5 Å². The van der Waals surface area contributed by atoms with Gasteiger partial charge in [-0.2, -0.15) is 10.2 Å². The van der Waals surface area contributed by atoms with Crippen LogP contribution in [-0.2, 0) is 29.6 Å². The molecule has 24 heteroatoms. The molecule has 6 aromatic rings. The largest absolute Gasteiger partial charge is 0.421 e. The summed E-state index contributed by atoms with van der Waals surface area (Å²) < 4.78 is 72.6. The molecule has 0 fully saturated rings. The molecule has 2 aromatic heterocycles. The Morgan fingerprint density at radius 2 is 1.15 bits per heavy atom. The first-order valence-corrected chi connectivity index (χ1v) is 21.7. The summed E-state index contributed by atoms with van der Waals surface area (Å²) in [6, 6.07) is 16.5. The van der Waals surface area contributed by atoms with Crippen LogP contribution in [0.5, 0.6) is 5.75 Å². The number of benzene rings is 4. The quantitative estimate of drug-likeness (QED) is 0.0401. The van der Waals surface area contributed by atoms with Crippen LogP contribution in [0.4, 0.5) is 40.2 Å². The summed E-state index contributed by atoms with van der Waals surface area (Å²) >= 11 is 23.4. The van der Waals surface area contributed by atoms with Gasteiger partial charge in [0.15, 0.2) is 10.6 Å². The highest BCUT2D eigenvalue weighted by molar-refractivity contribution is 7.93. The van der Waals surface area contributed by atoms with Gasteiger partial charge in [0.25, 0.3) is 26.0 Å². The molecule has 2 heterocycles. The van der Waals surface area contributed by atoms with Crippen LogP contribution in [0.25, 0.3) is 10.8 Å². The summed E-state index contributed by atoms with van der Waals surface area (Å²) in [5.41, 5.74) is 2.47. The predicted molar refractivity (Wildman–Crippen MR) is 224 cm³/mol. The van der Waals surface area contributed by atoms with Gasteiger partial charge < -0.3 is 19.1 Å². The van der Waals surface area contributed by atoms with Gasteiger partial charge in [0.05, 0.1) is 43.9 Å². The molecule has 4 aromatic carbocycles. The van der Waals surface area contributed by atoms with Gasteiger partial charge in [0.2, 0.25) is 16.6 Å². The van der Waals surface area contributed by atoms with Gasteiger partial charge in [-0.15, -0.1) is 10.2 Å². The van der Waals surface area contributed by atoms with Crippen molar-refractivity contribution >= 4 is 129 Å². The van der Waals surface area contributed by atoms with Gasteiger partial charge in [0, 0.05) is 21.9 Å². The van der Waals surface area contributed by atoms with E-state index in [1.165, 1.54) is 72.8 Å². The molecule has 60 heavy (non-hydrogen) atoms. The molecule has 3 N–H and O–H groups in total. The minimum Gasteiger partial charge on any atom is -0.421 e. The molecule has 0 aliphatic heterocycles.